The van der Waals surface area contributed by atoms with Crippen LogP contribution >= 0.6 is 0 Å². The van der Waals surface area contributed by atoms with E-state index < -0.39 is 10.0 Å². The van der Waals surface area contributed by atoms with Crippen molar-refractivity contribution in [3.05, 3.63) is 59.5 Å². The summed E-state index contributed by atoms with van der Waals surface area (Å²) >= 11 is 0. The molecule has 2 aromatic heterocycles. The minimum absolute atomic E-state index is 0.0439. The Morgan fingerprint density at radius 3 is 2.52 bits per heavy atom. The highest BCUT2D eigenvalue weighted by molar-refractivity contribution is 7.88. The van der Waals surface area contributed by atoms with Crippen molar-refractivity contribution in [2.45, 2.75) is 25.1 Å². The van der Waals surface area contributed by atoms with Gasteiger partial charge in [-0.25, -0.2) is 13.6 Å². The smallest absolute Gasteiger partial charge is 0.266 e. The number of rotatable bonds is 7. The van der Waals surface area contributed by atoms with Gasteiger partial charge in [0, 0.05) is 25.6 Å². The molecule has 1 aliphatic heterocycles. The summed E-state index contributed by atoms with van der Waals surface area (Å²) in [6.45, 7) is 1.46. The van der Waals surface area contributed by atoms with Crippen molar-refractivity contribution in [1.29, 1.82) is 5.26 Å². The predicted molar refractivity (Wildman–Crippen MR) is 119 cm³/mol. The number of benzene rings is 1. The van der Waals surface area contributed by atoms with E-state index in [2.05, 4.69) is 16.4 Å². The first-order chi connectivity index (χ1) is 15.8. The molecule has 1 aromatic carbocycles. The summed E-state index contributed by atoms with van der Waals surface area (Å²) in [7, 11) is -3.58. The lowest BCUT2D eigenvalue weighted by molar-refractivity contribution is -0.125. The zero-order valence-electron chi connectivity index (χ0n) is 17.7. The molecule has 0 unspecified atom stereocenters. The van der Waals surface area contributed by atoms with Gasteiger partial charge in [0.25, 0.3) is 5.89 Å². The zero-order valence-corrected chi connectivity index (χ0v) is 18.5. The van der Waals surface area contributed by atoms with E-state index in [0.29, 0.717) is 49.7 Å². The number of hydrogen-bond donors (Lipinski definition) is 2. The molecule has 3 aromatic rings. The van der Waals surface area contributed by atoms with Crippen molar-refractivity contribution in [1.82, 2.24) is 10.3 Å². The molecule has 1 amide bonds. The first kappa shape index (κ1) is 22.6. The fraction of sp³-hybridized carbons (Fsp3) is 0.318. The number of carbonyl (C=O) groups excluding carboxylic acids is 1. The summed E-state index contributed by atoms with van der Waals surface area (Å²) in [6.07, 6.45) is 2.73. The van der Waals surface area contributed by atoms with Crippen LogP contribution in [0.25, 0.3) is 11.7 Å². The highest BCUT2D eigenvalue weighted by Crippen LogP contribution is 2.31. The molecular formula is C22H23N5O5S. The van der Waals surface area contributed by atoms with Gasteiger partial charge in [0.2, 0.25) is 27.5 Å². The Morgan fingerprint density at radius 1 is 1.21 bits per heavy atom. The molecule has 3 N–H and O–H groups in total. The Bertz CT molecular complexity index is 1250. The number of sulfonamides is 1. The van der Waals surface area contributed by atoms with Crippen molar-refractivity contribution in [2.75, 3.05) is 18.0 Å². The van der Waals surface area contributed by atoms with Crippen molar-refractivity contribution in [3.8, 4) is 17.7 Å². The maximum absolute atomic E-state index is 12.6. The first-order valence-electron chi connectivity index (χ1n) is 10.4. The maximum Gasteiger partial charge on any atom is 0.266 e. The lowest BCUT2D eigenvalue weighted by atomic mass is 9.96. The van der Waals surface area contributed by atoms with Gasteiger partial charge in [0.1, 0.15) is 6.07 Å². The molecule has 0 saturated carbocycles. The van der Waals surface area contributed by atoms with Crippen LogP contribution in [0.15, 0.2) is 51.5 Å². The number of primary sulfonamides is 1. The van der Waals surface area contributed by atoms with Crippen LogP contribution in [0.5, 0.6) is 0 Å². The predicted octanol–water partition coefficient (Wildman–Crippen LogP) is 2.13. The molecule has 0 atom stereocenters. The lowest BCUT2D eigenvalue weighted by Gasteiger charge is -2.31. The maximum atomic E-state index is 12.6. The molecule has 172 valence electrons. The van der Waals surface area contributed by atoms with E-state index in [1.165, 1.54) is 6.26 Å². The van der Waals surface area contributed by atoms with E-state index >= 15 is 0 Å². The number of oxazole rings is 1. The van der Waals surface area contributed by atoms with Gasteiger partial charge in [-0.2, -0.15) is 10.2 Å². The molecule has 0 aliphatic carbocycles. The van der Waals surface area contributed by atoms with E-state index in [9.17, 15) is 18.5 Å². The first-order valence-corrected chi connectivity index (χ1v) is 12.1. The third kappa shape index (κ3) is 5.60. The van der Waals surface area contributed by atoms with Crippen LogP contribution in [0.2, 0.25) is 0 Å². The second-order valence-corrected chi connectivity index (χ2v) is 9.48. The van der Waals surface area contributed by atoms with E-state index in [0.717, 1.165) is 5.56 Å². The zero-order chi connectivity index (χ0) is 23.4. The van der Waals surface area contributed by atoms with Gasteiger partial charge in [-0.3, -0.25) is 4.79 Å². The average molecular weight is 470 g/mol. The van der Waals surface area contributed by atoms with Crippen molar-refractivity contribution >= 4 is 21.8 Å². The number of hydrogen-bond acceptors (Lipinski definition) is 8. The van der Waals surface area contributed by atoms with E-state index in [4.69, 9.17) is 14.0 Å². The lowest BCUT2D eigenvalue weighted by Crippen LogP contribution is -2.40. The summed E-state index contributed by atoms with van der Waals surface area (Å²) in [6, 6.07) is 12.4. The molecule has 1 aliphatic rings. The number of carbonyl (C=O) groups is 1. The van der Waals surface area contributed by atoms with Crippen LogP contribution in [-0.2, 0) is 27.1 Å². The normalized spacial score (nSPS) is 14.7. The highest BCUT2D eigenvalue weighted by Gasteiger charge is 2.29. The van der Waals surface area contributed by atoms with Crippen LogP contribution in [0, 0.1) is 17.2 Å². The van der Waals surface area contributed by atoms with E-state index in [1.807, 2.05) is 4.90 Å². The Kier molecular flexibility index (Phi) is 6.48. The number of furan rings is 1. The largest absolute Gasteiger partial charge is 0.459 e. The number of anilines is 1. The van der Waals surface area contributed by atoms with Crippen LogP contribution in [0.4, 0.5) is 5.88 Å². The van der Waals surface area contributed by atoms with Crippen LogP contribution in [0.1, 0.15) is 29.7 Å². The summed E-state index contributed by atoms with van der Waals surface area (Å²) in [5, 5.41) is 17.4. The molecule has 3 heterocycles. The molecule has 0 radical (unpaired) electrons. The fourth-order valence-corrected chi connectivity index (χ4v) is 4.43. The number of piperidine rings is 1. The Morgan fingerprint density at radius 2 is 1.91 bits per heavy atom. The van der Waals surface area contributed by atoms with Gasteiger partial charge in [0.15, 0.2) is 5.76 Å². The van der Waals surface area contributed by atoms with Gasteiger partial charge >= 0.3 is 0 Å². The summed E-state index contributed by atoms with van der Waals surface area (Å²) in [5.74, 6) is 0.673. The number of amides is 1. The van der Waals surface area contributed by atoms with Gasteiger partial charge in [-0.1, -0.05) is 24.3 Å². The summed E-state index contributed by atoms with van der Waals surface area (Å²) < 4.78 is 33.4. The SMILES string of the molecule is N#Cc1nc(-c2ccco2)oc1N1CCC(C(=O)NCc2ccc(CS(N)(=O)=O)cc2)CC1. The average Bonchev–Trinajstić information content (AvgIpc) is 3.47. The summed E-state index contributed by atoms with van der Waals surface area (Å²) in [5.41, 5.74) is 1.65. The molecule has 4 rings (SSSR count). The van der Waals surface area contributed by atoms with Crippen LogP contribution in [0.3, 0.4) is 0 Å². The minimum Gasteiger partial charge on any atom is -0.459 e. The topological polar surface area (TPSA) is 155 Å². The molecule has 0 bridgehead atoms. The molecule has 10 nitrogen and oxygen atoms in total. The van der Waals surface area contributed by atoms with Crippen LogP contribution in [-0.4, -0.2) is 32.4 Å². The standard InChI is InChI=1S/C22H23N5O5S/c23-12-18-22(32-21(26-18)19-2-1-11-31-19)27-9-7-17(8-10-27)20(28)25-13-15-3-5-16(6-4-15)14-33(24,29)30/h1-6,11,17H,7-10,13-14H2,(H,25,28)(H2,24,29,30). The van der Waals surface area contributed by atoms with Crippen molar-refractivity contribution in [3.63, 3.8) is 0 Å². The van der Waals surface area contributed by atoms with E-state index in [-0.39, 0.29) is 29.2 Å². The minimum atomic E-state index is -3.58. The number of aromatic nitrogens is 1. The van der Waals surface area contributed by atoms with Crippen LogP contribution < -0.4 is 15.4 Å². The third-order valence-electron chi connectivity index (χ3n) is 5.46. The monoisotopic (exact) mass is 469 g/mol. The molecule has 0 spiro atoms. The number of nitrogens with one attached hydrogen (secondary N) is 1. The number of nitriles is 1. The van der Waals surface area contributed by atoms with Gasteiger partial charge in [-0.15, -0.1) is 0 Å². The highest BCUT2D eigenvalue weighted by atomic mass is 32.2. The molecular weight excluding hydrogens is 446 g/mol. The molecule has 11 heteroatoms. The molecule has 1 fully saturated rings. The Hall–Kier alpha value is -3.62. The number of nitrogens with zero attached hydrogens (tertiary/aromatic N) is 3. The van der Waals surface area contributed by atoms with E-state index in [1.54, 1.807) is 36.4 Å². The van der Waals surface area contributed by atoms with Gasteiger partial charge < -0.3 is 19.1 Å². The Labute approximate surface area is 191 Å². The second-order valence-electron chi connectivity index (χ2n) is 7.86. The second kappa shape index (κ2) is 9.48. The van der Waals surface area contributed by atoms with Crippen molar-refractivity contribution in [2.24, 2.45) is 11.1 Å². The summed E-state index contributed by atoms with van der Waals surface area (Å²) in [4.78, 5) is 18.8. The molecule has 33 heavy (non-hydrogen) atoms. The number of nitrogens with two attached hydrogens (primary N) is 1. The van der Waals surface area contributed by atoms with Crippen molar-refractivity contribution < 1.29 is 22.0 Å². The van der Waals surface area contributed by atoms with Gasteiger partial charge in [0.05, 0.1) is 12.0 Å². The quantitative estimate of drug-likeness (QED) is 0.533. The van der Waals surface area contributed by atoms with Gasteiger partial charge in [-0.05, 0) is 36.1 Å². The fourth-order valence-electron chi connectivity index (χ4n) is 3.77. The Balaban J connectivity index is 1.30. The molecule has 1 saturated heterocycles. The third-order valence-corrected chi connectivity index (χ3v) is 6.19.